The van der Waals surface area contributed by atoms with Gasteiger partial charge in [0.2, 0.25) is 5.91 Å². The van der Waals surface area contributed by atoms with Crippen LogP contribution in [0.3, 0.4) is 0 Å². The predicted molar refractivity (Wildman–Crippen MR) is 329 cm³/mol. The molecule has 21 heteroatoms. The van der Waals surface area contributed by atoms with Crippen molar-refractivity contribution in [1.29, 1.82) is 0 Å². The van der Waals surface area contributed by atoms with E-state index in [1.807, 2.05) is 35.2 Å². The Morgan fingerprint density at radius 3 is 1.44 bits per heavy atom. The fraction of sp³-hybridized carbons (Fsp3) is 0.438. The average Bonchev–Trinajstić information content (AvgIpc) is 4.31. The fourth-order valence-corrected chi connectivity index (χ4v) is 12.0. The molecule has 6 fully saturated rings. The molecule has 4 saturated heterocycles. The molecule has 1 amide bonds. The molecule has 6 N–H and O–H groups in total. The molecule has 12 rings (SSSR count). The summed E-state index contributed by atoms with van der Waals surface area (Å²) in [6.07, 6.45) is 9.13. The molecule has 452 valence electrons. The van der Waals surface area contributed by atoms with Crippen molar-refractivity contribution >= 4 is 69.9 Å². The standard InChI is InChI=1S/C32H35Cl2FN4O3.C16H14ClFN2O2.C16H23ClN2O2/c33-25-10-12-29(37-30(25)20-3-6-23(35)7-4-20)39-16-13-22(18-39)32(41)36-27(19-38-14-1-2-15-38)31(40)21-5-11-28(26(34)17-21)42-24-8-9-24;17-13-5-6-14(20-8-7-11(9-20)16(21)22)19-15(13)10-1-3-12(18)4-2-10;17-13-9-11(3-6-15(13)21-12-4-5-12)16(20)14(18)10-19-7-1-2-8-19/h3-7,10-12,17,22,24,27,31,40H,1-2,8-9,13-16,18-19H2,(H,36,41);1-6,11H,7-9H2,(H,21,22);3,6,9,12,14,16,20H,1-2,4-5,7-8,10,18H2/t22-,27-,31-;11-;14-,16-/m111/s1. The van der Waals surface area contributed by atoms with E-state index in [9.17, 15) is 28.6 Å². The zero-order chi connectivity index (χ0) is 59.7. The summed E-state index contributed by atoms with van der Waals surface area (Å²) in [6, 6.07) is 29.2. The summed E-state index contributed by atoms with van der Waals surface area (Å²) < 4.78 is 38.0. The number of nitrogens with one attached hydrogen (secondary N) is 1. The van der Waals surface area contributed by atoms with Gasteiger partial charge in [-0.05, 0) is 199 Å². The Morgan fingerprint density at radius 1 is 0.565 bits per heavy atom. The number of pyridine rings is 2. The van der Waals surface area contributed by atoms with Gasteiger partial charge in [0.15, 0.2) is 0 Å². The molecule has 0 bridgehead atoms. The van der Waals surface area contributed by atoms with Crippen LogP contribution < -0.4 is 30.3 Å². The summed E-state index contributed by atoms with van der Waals surface area (Å²) in [4.78, 5) is 42.5. The fourth-order valence-electron chi connectivity index (χ4n) is 11.1. The third-order valence-corrected chi connectivity index (χ3v) is 17.5. The Bertz CT molecular complexity index is 3250. The Labute approximate surface area is 514 Å². The molecule has 2 saturated carbocycles. The van der Waals surface area contributed by atoms with Gasteiger partial charge in [0.1, 0.15) is 40.9 Å². The van der Waals surface area contributed by atoms with Crippen molar-refractivity contribution in [2.75, 3.05) is 75.2 Å². The summed E-state index contributed by atoms with van der Waals surface area (Å²) in [5.74, 6) is 0.578. The van der Waals surface area contributed by atoms with Crippen LogP contribution in [0, 0.1) is 23.5 Å². The normalized spacial score (nSPS) is 20.2. The minimum atomic E-state index is -0.921. The first-order chi connectivity index (χ1) is 41.0. The largest absolute Gasteiger partial charge is 0.489 e. The van der Waals surface area contributed by atoms with Gasteiger partial charge in [-0.1, -0.05) is 58.5 Å². The summed E-state index contributed by atoms with van der Waals surface area (Å²) >= 11 is 25.3. The Morgan fingerprint density at radius 2 is 1.00 bits per heavy atom. The number of carbonyl (C=O) groups is 2. The number of aliphatic hydroxyl groups is 2. The smallest absolute Gasteiger partial charge is 0.308 e. The highest BCUT2D eigenvalue weighted by Gasteiger charge is 2.35. The maximum Gasteiger partial charge on any atom is 0.308 e. The third-order valence-electron chi connectivity index (χ3n) is 16.3. The van der Waals surface area contributed by atoms with Gasteiger partial charge in [-0.2, -0.15) is 0 Å². The van der Waals surface area contributed by atoms with Crippen LogP contribution in [0.2, 0.25) is 20.1 Å². The lowest BCUT2D eigenvalue weighted by Crippen LogP contribution is -2.48. The first-order valence-electron chi connectivity index (χ1n) is 29.4. The summed E-state index contributed by atoms with van der Waals surface area (Å²) in [5.41, 5.74) is 10.1. The quantitative estimate of drug-likeness (QED) is 0.0515. The number of carbonyl (C=O) groups excluding carboxylic acids is 1. The van der Waals surface area contributed by atoms with Crippen molar-refractivity contribution in [2.45, 2.75) is 101 Å². The molecule has 0 unspecified atom stereocenters. The highest BCUT2D eigenvalue weighted by Crippen LogP contribution is 2.38. The number of ether oxygens (including phenoxy) is 2. The number of hydrogen-bond acceptors (Lipinski definition) is 13. The van der Waals surface area contributed by atoms with Crippen molar-refractivity contribution in [2.24, 2.45) is 17.6 Å². The Hall–Kier alpha value is -5.86. The lowest BCUT2D eigenvalue weighted by molar-refractivity contribution is -0.141. The zero-order valence-corrected chi connectivity index (χ0v) is 50.2. The van der Waals surface area contributed by atoms with Crippen LogP contribution in [-0.4, -0.2) is 137 Å². The molecule has 2 aliphatic carbocycles. The first kappa shape index (κ1) is 62.2. The maximum atomic E-state index is 13.6. The number of carboxylic acids is 1. The van der Waals surface area contributed by atoms with E-state index in [1.165, 1.54) is 37.1 Å². The van der Waals surface area contributed by atoms with Crippen molar-refractivity contribution in [3.8, 4) is 34.0 Å². The predicted octanol–water partition coefficient (Wildman–Crippen LogP) is 11.7. The molecule has 4 aromatic carbocycles. The lowest BCUT2D eigenvalue weighted by Gasteiger charge is -2.30. The summed E-state index contributed by atoms with van der Waals surface area (Å²) in [7, 11) is 0. The monoisotopic (exact) mass is 1240 g/mol. The number of hydrogen-bond donors (Lipinski definition) is 5. The van der Waals surface area contributed by atoms with E-state index < -0.39 is 24.2 Å². The Balaban J connectivity index is 0.000000157. The number of nitrogens with two attached hydrogens (primary N) is 1. The molecule has 4 aliphatic heterocycles. The van der Waals surface area contributed by atoms with Gasteiger partial charge in [-0.25, -0.2) is 18.7 Å². The van der Waals surface area contributed by atoms with Crippen molar-refractivity contribution < 1.29 is 43.2 Å². The molecule has 6 aliphatic rings. The average molecular weight is 1250 g/mol. The van der Waals surface area contributed by atoms with E-state index in [1.54, 1.807) is 54.6 Å². The second kappa shape index (κ2) is 28.8. The van der Waals surface area contributed by atoms with Crippen LogP contribution in [0.5, 0.6) is 11.5 Å². The summed E-state index contributed by atoms with van der Waals surface area (Å²) in [6.45, 7) is 7.57. The number of rotatable bonds is 19. The number of aliphatic carboxylic acids is 1. The molecular formula is C64H72Cl4F2N8O7. The molecule has 6 aromatic rings. The van der Waals surface area contributed by atoms with E-state index >= 15 is 0 Å². The van der Waals surface area contributed by atoms with Crippen LogP contribution in [0.4, 0.5) is 20.4 Å². The molecule has 15 nitrogen and oxygen atoms in total. The van der Waals surface area contributed by atoms with E-state index in [0.29, 0.717) is 112 Å². The molecule has 85 heavy (non-hydrogen) atoms. The SMILES string of the molecule is N[C@H](CN1CCCC1)[C@H](O)c1ccc(OC2CC2)c(Cl)c1.O=C(N[C@H](CN1CCCC1)[C@H](O)c1ccc(OC2CC2)c(Cl)c1)[C@@H]1CCN(c2ccc(Cl)c(-c3ccc(F)cc3)n2)C1.O=C(O)[C@@H]1CCN(c2ccc(Cl)c(-c3ccc(F)cc3)n2)C1. The minimum Gasteiger partial charge on any atom is -0.489 e. The van der Waals surface area contributed by atoms with Gasteiger partial charge >= 0.3 is 5.97 Å². The second-order valence-corrected chi connectivity index (χ2v) is 24.5. The van der Waals surface area contributed by atoms with Crippen LogP contribution in [0.15, 0.2) is 109 Å². The number of likely N-dealkylation sites (tertiary alicyclic amines) is 2. The highest BCUT2D eigenvalue weighted by atomic mass is 35.5. The third kappa shape index (κ3) is 16.8. The Kier molecular flexibility index (Phi) is 21.0. The molecule has 6 atom stereocenters. The first-order valence-corrected chi connectivity index (χ1v) is 30.9. The molecule has 0 radical (unpaired) electrons. The molecule has 0 spiro atoms. The minimum absolute atomic E-state index is 0.0896. The van der Waals surface area contributed by atoms with Gasteiger partial charge in [-0.3, -0.25) is 9.59 Å². The van der Waals surface area contributed by atoms with Gasteiger partial charge in [0.05, 0.1) is 67.7 Å². The number of nitrogens with zero attached hydrogens (tertiary/aromatic N) is 6. The topological polar surface area (TPSA) is 190 Å². The van der Waals surface area contributed by atoms with E-state index in [-0.39, 0.29) is 41.5 Å². The van der Waals surface area contributed by atoms with Crippen molar-refractivity contribution in [1.82, 2.24) is 25.1 Å². The van der Waals surface area contributed by atoms with E-state index in [2.05, 4.69) is 25.0 Å². The van der Waals surface area contributed by atoms with Gasteiger partial charge in [0.25, 0.3) is 0 Å². The lowest BCUT2D eigenvalue weighted by atomic mass is 10.00. The van der Waals surface area contributed by atoms with Crippen LogP contribution in [0.25, 0.3) is 22.5 Å². The van der Waals surface area contributed by atoms with Gasteiger partial charge in [-0.15, -0.1) is 0 Å². The number of benzene rings is 4. The number of aliphatic hydroxyl groups excluding tert-OH is 2. The van der Waals surface area contributed by atoms with Gasteiger partial charge in [0, 0.05) is 56.4 Å². The number of carboxylic acid groups (broad SMARTS) is 1. The number of anilines is 2. The molecule has 2 aromatic heterocycles. The molecular weight excluding hydrogens is 1170 g/mol. The van der Waals surface area contributed by atoms with Crippen LogP contribution in [-0.2, 0) is 9.59 Å². The van der Waals surface area contributed by atoms with Crippen LogP contribution >= 0.6 is 46.4 Å². The van der Waals surface area contributed by atoms with Crippen molar-refractivity contribution in [3.63, 3.8) is 0 Å². The zero-order valence-electron chi connectivity index (χ0n) is 47.2. The second-order valence-electron chi connectivity index (χ2n) is 22.9. The van der Waals surface area contributed by atoms with Gasteiger partial charge < -0.3 is 55.4 Å². The number of aromatic nitrogens is 2. The van der Waals surface area contributed by atoms with Crippen LogP contribution in [0.1, 0.15) is 87.5 Å². The number of halogens is 6. The van der Waals surface area contributed by atoms with E-state index in [4.69, 9.17) is 71.7 Å². The number of amides is 1. The maximum absolute atomic E-state index is 13.6. The van der Waals surface area contributed by atoms with Crippen molar-refractivity contribution in [3.05, 3.63) is 152 Å². The summed E-state index contributed by atoms with van der Waals surface area (Å²) in [5, 5.41) is 36.1. The van der Waals surface area contributed by atoms with E-state index in [0.717, 1.165) is 87.9 Å². The molecule has 6 heterocycles. The highest BCUT2D eigenvalue weighted by molar-refractivity contribution is 6.33.